The molecule has 9 heteroatoms. The van der Waals surface area contributed by atoms with Crippen LogP contribution in [-0.4, -0.2) is 55.5 Å². The lowest BCUT2D eigenvalue weighted by Gasteiger charge is -2.26. The molecule has 2 saturated heterocycles. The predicted octanol–water partition coefficient (Wildman–Crippen LogP) is 2.11. The summed E-state index contributed by atoms with van der Waals surface area (Å²) in [5, 5.41) is 0.452. The Labute approximate surface area is 163 Å². The molecular formula is C18H22N2O5S2. The van der Waals surface area contributed by atoms with Gasteiger partial charge in [0.05, 0.1) is 17.5 Å². The molecule has 1 aromatic carbocycles. The first kappa shape index (κ1) is 18.6. The summed E-state index contributed by atoms with van der Waals surface area (Å²) >= 11 is 1.38. The highest BCUT2D eigenvalue weighted by atomic mass is 32.2. The average Bonchev–Trinajstić information content (AvgIpc) is 3.11. The maximum absolute atomic E-state index is 12.4. The van der Waals surface area contributed by atoms with Gasteiger partial charge in [-0.1, -0.05) is 25.6 Å². The number of amides is 1. The molecule has 0 aromatic heterocycles. The molecule has 7 nitrogen and oxygen atoms in total. The number of carbonyl (C=O) groups excluding carboxylic acids is 1. The first-order valence-corrected chi connectivity index (χ1v) is 11.8. The second-order valence-corrected chi connectivity index (χ2v) is 10.4. The van der Waals surface area contributed by atoms with Crippen LogP contribution >= 0.6 is 11.8 Å². The number of benzene rings is 1. The Morgan fingerprint density at radius 3 is 2.78 bits per heavy atom. The summed E-state index contributed by atoms with van der Waals surface area (Å²) in [4.78, 5) is 18.6. The van der Waals surface area contributed by atoms with E-state index in [0.29, 0.717) is 36.3 Å². The van der Waals surface area contributed by atoms with Gasteiger partial charge in [0.25, 0.3) is 5.91 Å². The van der Waals surface area contributed by atoms with E-state index in [1.54, 1.807) is 0 Å². The van der Waals surface area contributed by atoms with E-state index in [0.717, 1.165) is 5.69 Å². The normalized spacial score (nSPS) is 28.2. The van der Waals surface area contributed by atoms with Crippen LogP contribution in [-0.2, 0) is 14.6 Å². The monoisotopic (exact) mass is 410 g/mol. The van der Waals surface area contributed by atoms with E-state index < -0.39 is 9.84 Å². The Morgan fingerprint density at radius 1 is 1.30 bits per heavy atom. The van der Waals surface area contributed by atoms with Crippen LogP contribution in [0.15, 0.2) is 23.2 Å². The minimum Gasteiger partial charge on any atom is -0.486 e. The van der Waals surface area contributed by atoms with Crippen molar-refractivity contribution in [3.8, 4) is 11.5 Å². The molecule has 0 spiro atoms. The van der Waals surface area contributed by atoms with Gasteiger partial charge in [0, 0.05) is 22.9 Å². The van der Waals surface area contributed by atoms with Crippen LogP contribution in [0.3, 0.4) is 0 Å². The third kappa shape index (κ3) is 3.54. The molecule has 3 atom stereocenters. The average molecular weight is 411 g/mol. The lowest BCUT2D eigenvalue weighted by Crippen LogP contribution is -2.38. The summed E-state index contributed by atoms with van der Waals surface area (Å²) in [5.41, 5.74) is 0.770. The van der Waals surface area contributed by atoms with E-state index >= 15 is 0 Å². The zero-order valence-electron chi connectivity index (χ0n) is 15.3. The number of hydrogen-bond donors (Lipinski definition) is 0. The first-order chi connectivity index (χ1) is 12.9. The highest BCUT2D eigenvalue weighted by Crippen LogP contribution is 2.43. The molecule has 0 unspecified atom stereocenters. The van der Waals surface area contributed by atoms with Crippen LogP contribution in [0, 0.1) is 5.92 Å². The van der Waals surface area contributed by atoms with Crippen molar-refractivity contribution in [3.05, 3.63) is 18.2 Å². The number of hydrogen-bond acceptors (Lipinski definition) is 6. The van der Waals surface area contributed by atoms with Crippen molar-refractivity contribution in [2.24, 2.45) is 10.9 Å². The number of sulfone groups is 1. The van der Waals surface area contributed by atoms with E-state index in [9.17, 15) is 13.2 Å². The van der Waals surface area contributed by atoms with Crippen molar-refractivity contribution >= 4 is 38.4 Å². The molecule has 3 aliphatic heterocycles. The Morgan fingerprint density at radius 2 is 2.04 bits per heavy atom. The van der Waals surface area contributed by atoms with E-state index in [-0.39, 0.29) is 34.6 Å². The molecule has 3 aliphatic rings. The fourth-order valence-corrected chi connectivity index (χ4v) is 7.35. The van der Waals surface area contributed by atoms with Gasteiger partial charge in [0.2, 0.25) is 0 Å². The Hall–Kier alpha value is -1.74. The highest BCUT2D eigenvalue weighted by molar-refractivity contribution is 8.16. The SMILES string of the molecule is CC[C@H](C)C(=O)N=C1S[C@@H]2CS(=O)(=O)C[C@H]2N1c1ccc2c(c1)OCCO2. The number of anilines is 1. The van der Waals surface area contributed by atoms with Crippen molar-refractivity contribution in [3.63, 3.8) is 0 Å². The number of nitrogens with zero attached hydrogens (tertiary/aromatic N) is 2. The van der Waals surface area contributed by atoms with Crippen LogP contribution in [0.5, 0.6) is 11.5 Å². The van der Waals surface area contributed by atoms with Crippen molar-refractivity contribution < 1.29 is 22.7 Å². The molecule has 0 aliphatic carbocycles. The van der Waals surface area contributed by atoms with Crippen LogP contribution in [0.4, 0.5) is 5.69 Å². The molecule has 0 N–H and O–H groups in total. The van der Waals surface area contributed by atoms with Crippen molar-refractivity contribution in [1.29, 1.82) is 0 Å². The number of carbonyl (C=O) groups is 1. The van der Waals surface area contributed by atoms with Gasteiger partial charge >= 0.3 is 0 Å². The van der Waals surface area contributed by atoms with Gasteiger partial charge in [-0.3, -0.25) is 4.79 Å². The van der Waals surface area contributed by atoms with E-state index in [2.05, 4.69) is 4.99 Å². The fourth-order valence-electron chi connectivity index (χ4n) is 3.43. The molecule has 2 fully saturated rings. The molecule has 1 aromatic rings. The zero-order valence-corrected chi connectivity index (χ0v) is 16.9. The van der Waals surface area contributed by atoms with Crippen LogP contribution < -0.4 is 14.4 Å². The molecule has 0 bridgehead atoms. The Kier molecular flexibility index (Phi) is 4.84. The van der Waals surface area contributed by atoms with Crippen LogP contribution in [0.2, 0.25) is 0 Å². The third-order valence-electron chi connectivity index (χ3n) is 5.11. The number of rotatable bonds is 3. The predicted molar refractivity (Wildman–Crippen MR) is 106 cm³/mol. The molecule has 0 saturated carbocycles. The first-order valence-electron chi connectivity index (χ1n) is 9.06. The van der Waals surface area contributed by atoms with Crippen molar-refractivity contribution in [1.82, 2.24) is 0 Å². The van der Waals surface area contributed by atoms with Gasteiger partial charge in [-0.25, -0.2) is 8.42 Å². The molecular weight excluding hydrogens is 388 g/mol. The largest absolute Gasteiger partial charge is 0.486 e. The van der Waals surface area contributed by atoms with E-state index in [1.165, 1.54) is 11.8 Å². The van der Waals surface area contributed by atoms with E-state index in [1.807, 2.05) is 36.9 Å². The summed E-state index contributed by atoms with van der Waals surface area (Å²) < 4.78 is 35.5. The standard InChI is InChI=1S/C18H22N2O5S2/c1-3-11(2)17(21)19-18-20(13-9-27(22,23)10-16(13)26-18)12-4-5-14-15(8-12)25-7-6-24-14/h4-5,8,11,13,16H,3,6-7,9-10H2,1-2H3/t11-,13+,16+/m0/s1. The Balaban J connectivity index is 1.72. The molecule has 27 heavy (non-hydrogen) atoms. The fraction of sp³-hybridized carbons (Fsp3) is 0.556. The van der Waals surface area contributed by atoms with Crippen molar-refractivity contribution in [2.75, 3.05) is 29.6 Å². The van der Waals surface area contributed by atoms with Gasteiger partial charge in [0.15, 0.2) is 26.5 Å². The Bertz CT molecular complexity index is 899. The number of ether oxygens (including phenoxy) is 2. The molecule has 146 valence electrons. The molecule has 1 amide bonds. The number of amidine groups is 1. The maximum Gasteiger partial charge on any atom is 0.250 e. The summed E-state index contributed by atoms with van der Waals surface area (Å²) in [7, 11) is -3.10. The van der Waals surface area contributed by atoms with Gasteiger partial charge in [-0.15, -0.1) is 0 Å². The van der Waals surface area contributed by atoms with Crippen LogP contribution in [0.1, 0.15) is 20.3 Å². The number of aliphatic imine (C=N–C) groups is 1. The lowest BCUT2D eigenvalue weighted by molar-refractivity contribution is -0.121. The van der Waals surface area contributed by atoms with Gasteiger partial charge < -0.3 is 14.4 Å². The molecule has 3 heterocycles. The smallest absolute Gasteiger partial charge is 0.250 e. The third-order valence-corrected chi connectivity index (χ3v) is 8.32. The minimum atomic E-state index is -3.10. The summed E-state index contributed by atoms with van der Waals surface area (Å²) in [6.45, 7) is 4.78. The topological polar surface area (TPSA) is 85.3 Å². The number of thioether (sulfide) groups is 1. The summed E-state index contributed by atoms with van der Waals surface area (Å²) in [5.74, 6) is 1.13. The highest BCUT2D eigenvalue weighted by Gasteiger charge is 2.49. The zero-order chi connectivity index (χ0) is 19.2. The number of fused-ring (bicyclic) bond motifs is 2. The van der Waals surface area contributed by atoms with Crippen LogP contribution in [0.25, 0.3) is 0 Å². The van der Waals surface area contributed by atoms with Crippen molar-refractivity contribution in [2.45, 2.75) is 31.6 Å². The lowest BCUT2D eigenvalue weighted by atomic mass is 10.1. The quantitative estimate of drug-likeness (QED) is 0.754. The van der Waals surface area contributed by atoms with E-state index in [4.69, 9.17) is 9.47 Å². The van der Waals surface area contributed by atoms with Gasteiger partial charge in [-0.2, -0.15) is 4.99 Å². The maximum atomic E-state index is 12.4. The van der Waals surface area contributed by atoms with Gasteiger partial charge in [-0.05, 0) is 18.6 Å². The van der Waals surface area contributed by atoms with Gasteiger partial charge in [0.1, 0.15) is 13.2 Å². The minimum absolute atomic E-state index is 0.0651. The second kappa shape index (κ2) is 7.01. The second-order valence-electron chi connectivity index (χ2n) is 7.04. The molecule has 4 rings (SSSR count). The molecule has 0 radical (unpaired) electrons. The summed E-state index contributed by atoms with van der Waals surface area (Å²) in [6.07, 6.45) is 0.714. The summed E-state index contributed by atoms with van der Waals surface area (Å²) in [6, 6.07) is 5.29.